The molecule has 0 aliphatic heterocycles. The van der Waals surface area contributed by atoms with Crippen LogP contribution >= 0.6 is 23.5 Å². The molecule has 0 radical (unpaired) electrons. The first-order valence-corrected chi connectivity index (χ1v) is 6.86. The SMILES string of the molecule is CC(SCCSc1ccc(F)cc1)C(=O)O. The van der Waals surface area contributed by atoms with Gasteiger partial charge >= 0.3 is 5.97 Å². The third kappa shape index (κ3) is 4.90. The molecular formula is C11H13FO2S2. The lowest BCUT2D eigenvalue weighted by Crippen LogP contribution is -2.12. The summed E-state index contributed by atoms with van der Waals surface area (Å²) in [6.45, 7) is 1.68. The van der Waals surface area contributed by atoms with E-state index in [0.29, 0.717) is 0 Å². The minimum atomic E-state index is -0.781. The van der Waals surface area contributed by atoms with Crippen LogP contribution in [0.2, 0.25) is 0 Å². The molecule has 0 heterocycles. The highest BCUT2D eigenvalue weighted by molar-refractivity contribution is 8.03. The number of hydrogen-bond acceptors (Lipinski definition) is 3. The van der Waals surface area contributed by atoms with Crippen molar-refractivity contribution in [3.05, 3.63) is 30.1 Å². The van der Waals surface area contributed by atoms with E-state index < -0.39 is 5.97 Å². The molecule has 1 rings (SSSR count). The van der Waals surface area contributed by atoms with E-state index in [1.807, 2.05) is 0 Å². The summed E-state index contributed by atoms with van der Waals surface area (Å²) in [7, 11) is 0. The van der Waals surface area contributed by atoms with Crippen LogP contribution in [0.1, 0.15) is 6.92 Å². The van der Waals surface area contributed by atoms with Gasteiger partial charge in [-0.2, -0.15) is 0 Å². The summed E-state index contributed by atoms with van der Waals surface area (Å²) in [5, 5.41) is 8.29. The van der Waals surface area contributed by atoms with E-state index in [-0.39, 0.29) is 11.1 Å². The van der Waals surface area contributed by atoms with Crippen LogP contribution in [0.5, 0.6) is 0 Å². The average molecular weight is 260 g/mol. The van der Waals surface area contributed by atoms with Gasteiger partial charge in [-0.05, 0) is 31.2 Å². The van der Waals surface area contributed by atoms with Crippen LogP contribution in [-0.2, 0) is 4.79 Å². The zero-order valence-corrected chi connectivity index (χ0v) is 10.5. The molecule has 1 atom stereocenters. The molecule has 2 nitrogen and oxygen atoms in total. The highest BCUT2D eigenvalue weighted by Gasteiger charge is 2.10. The molecular weight excluding hydrogens is 247 g/mol. The number of carbonyl (C=O) groups is 1. The van der Waals surface area contributed by atoms with E-state index in [4.69, 9.17) is 5.11 Å². The third-order valence-corrected chi connectivity index (χ3v) is 4.29. The summed E-state index contributed by atoms with van der Waals surface area (Å²) in [6, 6.07) is 6.31. The topological polar surface area (TPSA) is 37.3 Å². The average Bonchev–Trinajstić information content (AvgIpc) is 2.26. The summed E-state index contributed by atoms with van der Waals surface area (Å²) in [5.74, 6) is 0.582. The number of carboxylic acids is 1. The molecule has 1 unspecified atom stereocenters. The lowest BCUT2D eigenvalue weighted by molar-refractivity contribution is -0.136. The molecule has 0 saturated heterocycles. The summed E-state index contributed by atoms with van der Waals surface area (Å²) >= 11 is 3.01. The van der Waals surface area contributed by atoms with Gasteiger partial charge in [-0.3, -0.25) is 4.79 Å². The predicted molar refractivity (Wildman–Crippen MR) is 66.7 cm³/mol. The van der Waals surface area contributed by atoms with Gasteiger partial charge in [0.15, 0.2) is 0 Å². The first-order chi connectivity index (χ1) is 7.59. The van der Waals surface area contributed by atoms with Crippen LogP contribution in [0.3, 0.4) is 0 Å². The normalized spacial score (nSPS) is 12.4. The summed E-state index contributed by atoms with van der Waals surface area (Å²) in [5.41, 5.74) is 0. The zero-order chi connectivity index (χ0) is 12.0. The Morgan fingerprint density at radius 1 is 1.38 bits per heavy atom. The fraction of sp³-hybridized carbons (Fsp3) is 0.364. The largest absolute Gasteiger partial charge is 0.480 e. The molecule has 0 saturated carbocycles. The molecule has 0 aliphatic rings. The summed E-state index contributed by atoms with van der Waals surface area (Å²) in [4.78, 5) is 11.5. The van der Waals surface area contributed by atoms with Gasteiger partial charge < -0.3 is 5.11 Å². The minimum Gasteiger partial charge on any atom is -0.480 e. The maximum atomic E-state index is 12.6. The third-order valence-electron chi connectivity index (χ3n) is 1.88. The van der Waals surface area contributed by atoms with Crippen molar-refractivity contribution >= 4 is 29.5 Å². The number of carboxylic acid groups (broad SMARTS) is 1. The monoisotopic (exact) mass is 260 g/mol. The summed E-state index contributed by atoms with van der Waals surface area (Å²) in [6.07, 6.45) is 0. The second-order valence-corrected chi connectivity index (χ2v) is 5.77. The van der Waals surface area contributed by atoms with E-state index in [2.05, 4.69) is 0 Å². The molecule has 1 aromatic rings. The smallest absolute Gasteiger partial charge is 0.316 e. The molecule has 0 spiro atoms. The maximum absolute atomic E-state index is 12.6. The van der Waals surface area contributed by atoms with Crippen LogP contribution < -0.4 is 0 Å². The number of hydrogen-bond donors (Lipinski definition) is 1. The van der Waals surface area contributed by atoms with Crippen molar-refractivity contribution in [3.63, 3.8) is 0 Å². The Morgan fingerprint density at radius 3 is 2.56 bits per heavy atom. The van der Waals surface area contributed by atoms with Gasteiger partial charge in [-0.25, -0.2) is 4.39 Å². The molecule has 0 aromatic heterocycles. The maximum Gasteiger partial charge on any atom is 0.316 e. The van der Waals surface area contributed by atoms with Crippen LogP contribution in [0, 0.1) is 5.82 Å². The highest BCUT2D eigenvalue weighted by atomic mass is 32.2. The Hall–Kier alpha value is -0.680. The molecule has 0 fully saturated rings. The number of halogens is 1. The number of rotatable bonds is 6. The first kappa shape index (κ1) is 13.4. The molecule has 5 heteroatoms. The van der Waals surface area contributed by atoms with Gasteiger partial charge in [0.1, 0.15) is 5.82 Å². The Bertz CT molecular complexity index is 340. The van der Waals surface area contributed by atoms with Crippen LogP contribution in [0.15, 0.2) is 29.2 Å². The highest BCUT2D eigenvalue weighted by Crippen LogP contribution is 2.20. The molecule has 1 N–H and O–H groups in total. The lowest BCUT2D eigenvalue weighted by Gasteiger charge is -2.05. The Labute approximate surface area is 103 Å². The molecule has 0 bridgehead atoms. The van der Waals surface area contributed by atoms with Crippen molar-refractivity contribution in [2.24, 2.45) is 0 Å². The van der Waals surface area contributed by atoms with E-state index in [9.17, 15) is 9.18 Å². The number of aliphatic carboxylic acids is 1. The lowest BCUT2D eigenvalue weighted by atomic mass is 10.4. The van der Waals surface area contributed by atoms with Crippen molar-refractivity contribution in [1.29, 1.82) is 0 Å². The second-order valence-electron chi connectivity index (χ2n) is 3.15. The van der Waals surface area contributed by atoms with Gasteiger partial charge in [0.05, 0.1) is 5.25 Å². The molecule has 0 amide bonds. The van der Waals surface area contributed by atoms with E-state index in [1.165, 1.54) is 23.9 Å². The number of benzene rings is 1. The van der Waals surface area contributed by atoms with E-state index >= 15 is 0 Å². The minimum absolute atomic E-state index is 0.238. The van der Waals surface area contributed by atoms with E-state index in [1.54, 1.807) is 30.8 Å². The fourth-order valence-electron chi connectivity index (χ4n) is 0.987. The van der Waals surface area contributed by atoms with Crippen molar-refractivity contribution in [2.75, 3.05) is 11.5 Å². The molecule has 1 aromatic carbocycles. The summed E-state index contributed by atoms with van der Waals surface area (Å²) < 4.78 is 12.6. The first-order valence-electron chi connectivity index (χ1n) is 4.82. The molecule has 88 valence electrons. The zero-order valence-electron chi connectivity index (χ0n) is 8.85. The van der Waals surface area contributed by atoms with E-state index in [0.717, 1.165) is 16.4 Å². The van der Waals surface area contributed by atoms with Gasteiger partial charge in [-0.1, -0.05) is 0 Å². The predicted octanol–water partition coefficient (Wildman–Crippen LogP) is 3.12. The van der Waals surface area contributed by atoms with Gasteiger partial charge in [0.25, 0.3) is 0 Å². The van der Waals surface area contributed by atoms with Crippen LogP contribution in [-0.4, -0.2) is 27.8 Å². The molecule has 16 heavy (non-hydrogen) atoms. The van der Waals surface area contributed by atoms with Gasteiger partial charge in [0.2, 0.25) is 0 Å². The van der Waals surface area contributed by atoms with Crippen LogP contribution in [0.4, 0.5) is 4.39 Å². The quantitative estimate of drug-likeness (QED) is 0.630. The van der Waals surface area contributed by atoms with Crippen LogP contribution in [0.25, 0.3) is 0 Å². The van der Waals surface area contributed by atoms with Gasteiger partial charge in [-0.15, -0.1) is 23.5 Å². The van der Waals surface area contributed by atoms with Crippen molar-refractivity contribution in [3.8, 4) is 0 Å². The standard InChI is InChI=1S/C11H13FO2S2/c1-8(11(13)14)15-6-7-16-10-4-2-9(12)3-5-10/h2-5,8H,6-7H2,1H3,(H,13,14). The fourth-order valence-corrected chi connectivity index (χ4v) is 2.77. The molecule has 0 aliphatic carbocycles. The Kier molecular flexibility index (Phi) is 5.69. The van der Waals surface area contributed by atoms with Crippen molar-refractivity contribution in [2.45, 2.75) is 17.1 Å². The number of thioether (sulfide) groups is 2. The van der Waals surface area contributed by atoms with Crippen molar-refractivity contribution in [1.82, 2.24) is 0 Å². The van der Waals surface area contributed by atoms with Gasteiger partial charge in [0, 0.05) is 16.4 Å². The Balaban J connectivity index is 2.21. The van der Waals surface area contributed by atoms with Crippen molar-refractivity contribution < 1.29 is 14.3 Å². The Morgan fingerprint density at radius 2 is 2.00 bits per heavy atom. The second kappa shape index (κ2) is 6.81.